The zero-order valence-corrected chi connectivity index (χ0v) is 10.6. The Labute approximate surface area is 110 Å². The van der Waals surface area contributed by atoms with E-state index in [1.807, 2.05) is 0 Å². The highest BCUT2D eigenvalue weighted by atomic mass is 19.3. The number of hydrogen-bond donors (Lipinski definition) is 2. The van der Waals surface area contributed by atoms with Crippen molar-refractivity contribution in [3.05, 3.63) is 30.1 Å². The Balaban J connectivity index is 1.81. The summed E-state index contributed by atoms with van der Waals surface area (Å²) in [7, 11) is 0. The highest BCUT2D eigenvalue weighted by molar-refractivity contribution is 5.75. The van der Waals surface area contributed by atoms with Crippen LogP contribution in [0.3, 0.4) is 0 Å². The number of aromatic nitrogens is 2. The quantitative estimate of drug-likeness (QED) is 0.894. The molecule has 102 valence electrons. The maximum absolute atomic E-state index is 14.3. The Bertz CT molecular complexity index is 559. The van der Waals surface area contributed by atoms with Gasteiger partial charge in [-0.05, 0) is 31.5 Å². The fraction of sp³-hybridized carbons (Fsp3) is 0.500. The molecule has 0 aliphatic carbocycles. The monoisotopic (exact) mass is 265 g/mol. The van der Waals surface area contributed by atoms with Crippen molar-refractivity contribution in [1.29, 1.82) is 0 Å². The molecule has 1 aromatic heterocycles. The van der Waals surface area contributed by atoms with Crippen LogP contribution in [0, 0.1) is 0 Å². The third kappa shape index (κ3) is 2.61. The molecule has 1 atom stereocenters. The van der Waals surface area contributed by atoms with E-state index in [1.54, 1.807) is 6.07 Å². The molecule has 1 aliphatic heterocycles. The molecule has 5 heteroatoms. The average Bonchev–Trinajstić information content (AvgIpc) is 2.86. The van der Waals surface area contributed by atoms with Gasteiger partial charge in [0.2, 0.25) is 0 Å². The third-order valence-corrected chi connectivity index (χ3v) is 3.76. The predicted molar refractivity (Wildman–Crippen MR) is 70.2 cm³/mol. The van der Waals surface area contributed by atoms with Crippen LogP contribution in [-0.4, -0.2) is 22.6 Å². The number of hydrogen-bond acceptors (Lipinski definition) is 2. The summed E-state index contributed by atoms with van der Waals surface area (Å²) in [5.41, 5.74) is 1.45. The minimum atomic E-state index is -2.80. The summed E-state index contributed by atoms with van der Waals surface area (Å²) in [5, 5.41) is 3.18. The molecule has 2 aromatic rings. The zero-order valence-electron chi connectivity index (χ0n) is 10.6. The topological polar surface area (TPSA) is 40.7 Å². The summed E-state index contributed by atoms with van der Waals surface area (Å²) in [5.74, 6) is -2.80. The van der Waals surface area contributed by atoms with Crippen LogP contribution in [0.5, 0.6) is 0 Å². The van der Waals surface area contributed by atoms with Gasteiger partial charge in [-0.15, -0.1) is 0 Å². The van der Waals surface area contributed by atoms with Crippen molar-refractivity contribution in [1.82, 2.24) is 15.3 Å². The van der Waals surface area contributed by atoms with Crippen LogP contribution in [0.1, 0.15) is 31.2 Å². The number of rotatable bonds is 3. The summed E-state index contributed by atoms with van der Waals surface area (Å²) in [6.45, 7) is 0.848. The van der Waals surface area contributed by atoms with Crippen molar-refractivity contribution in [3.63, 3.8) is 0 Å². The van der Waals surface area contributed by atoms with Crippen LogP contribution in [0.4, 0.5) is 8.78 Å². The van der Waals surface area contributed by atoms with Crippen LogP contribution >= 0.6 is 0 Å². The normalized spacial score (nSPS) is 20.8. The van der Waals surface area contributed by atoms with Gasteiger partial charge in [0, 0.05) is 18.0 Å². The van der Waals surface area contributed by atoms with Gasteiger partial charge >= 0.3 is 0 Å². The molecule has 0 spiro atoms. The molecule has 3 nitrogen and oxygen atoms in total. The molecule has 19 heavy (non-hydrogen) atoms. The third-order valence-electron chi connectivity index (χ3n) is 3.76. The van der Waals surface area contributed by atoms with Crippen LogP contribution in [-0.2, 0) is 5.92 Å². The Morgan fingerprint density at radius 2 is 2.21 bits per heavy atom. The first-order valence-corrected chi connectivity index (χ1v) is 6.70. The molecule has 1 saturated heterocycles. The average molecular weight is 265 g/mol. The first-order chi connectivity index (χ1) is 9.15. The van der Waals surface area contributed by atoms with Crippen molar-refractivity contribution < 1.29 is 8.78 Å². The first kappa shape index (κ1) is 12.5. The minimum absolute atomic E-state index is 0.0663. The molecular formula is C14H17F2N3. The molecule has 0 bridgehead atoms. The summed E-state index contributed by atoms with van der Waals surface area (Å²) < 4.78 is 28.6. The number of nitrogens with one attached hydrogen (secondary N) is 2. The summed E-state index contributed by atoms with van der Waals surface area (Å²) >= 11 is 0. The van der Waals surface area contributed by atoms with E-state index >= 15 is 0 Å². The number of piperidine rings is 1. The van der Waals surface area contributed by atoms with Gasteiger partial charge < -0.3 is 10.3 Å². The lowest BCUT2D eigenvalue weighted by Crippen LogP contribution is -2.37. The standard InChI is InChI=1S/C14H17F2N3/c15-14(16,8-11-3-1-2-6-17-11)10-4-5-12-13(7-10)19-9-18-12/h4-5,7,9,11,17H,1-3,6,8H2,(H,18,19). The van der Waals surface area contributed by atoms with E-state index < -0.39 is 5.92 Å². The van der Waals surface area contributed by atoms with E-state index in [2.05, 4.69) is 15.3 Å². The van der Waals surface area contributed by atoms with E-state index in [4.69, 9.17) is 0 Å². The number of imidazole rings is 1. The van der Waals surface area contributed by atoms with E-state index in [0.29, 0.717) is 5.52 Å². The molecule has 1 aromatic carbocycles. The molecule has 0 amide bonds. The van der Waals surface area contributed by atoms with Gasteiger partial charge in [-0.1, -0.05) is 12.5 Å². The van der Waals surface area contributed by atoms with Gasteiger partial charge in [0.25, 0.3) is 5.92 Å². The SMILES string of the molecule is FC(F)(CC1CCCCN1)c1ccc2nc[nH]c2c1. The number of halogens is 2. The van der Waals surface area contributed by atoms with Gasteiger partial charge in [0.15, 0.2) is 0 Å². The Morgan fingerprint density at radius 1 is 1.32 bits per heavy atom. The second-order valence-electron chi connectivity index (χ2n) is 5.19. The molecule has 1 unspecified atom stereocenters. The van der Waals surface area contributed by atoms with Gasteiger partial charge in [-0.25, -0.2) is 13.8 Å². The molecule has 1 fully saturated rings. The van der Waals surface area contributed by atoms with Crippen molar-refractivity contribution in [3.8, 4) is 0 Å². The number of alkyl halides is 2. The van der Waals surface area contributed by atoms with Crippen LogP contribution in [0.15, 0.2) is 24.5 Å². The summed E-state index contributed by atoms with van der Waals surface area (Å²) in [4.78, 5) is 6.92. The van der Waals surface area contributed by atoms with Crippen molar-refractivity contribution >= 4 is 11.0 Å². The summed E-state index contributed by atoms with van der Waals surface area (Å²) in [6, 6.07) is 4.54. The van der Waals surface area contributed by atoms with E-state index in [0.717, 1.165) is 31.3 Å². The highest BCUT2D eigenvalue weighted by Crippen LogP contribution is 2.35. The van der Waals surface area contributed by atoms with Crippen molar-refractivity contribution in [2.45, 2.75) is 37.6 Å². The van der Waals surface area contributed by atoms with Gasteiger partial charge in [-0.2, -0.15) is 0 Å². The lowest BCUT2D eigenvalue weighted by molar-refractivity contribution is -0.0252. The second-order valence-corrected chi connectivity index (χ2v) is 5.19. The molecule has 2 heterocycles. The lowest BCUT2D eigenvalue weighted by Gasteiger charge is -2.27. The Morgan fingerprint density at radius 3 is 3.00 bits per heavy atom. The maximum atomic E-state index is 14.3. The fourth-order valence-electron chi connectivity index (χ4n) is 2.69. The number of fused-ring (bicyclic) bond motifs is 1. The van der Waals surface area contributed by atoms with Gasteiger partial charge in [-0.3, -0.25) is 0 Å². The predicted octanol–water partition coefficient (Wildman–Crippen LogP) is 3.19. The number of aromatic amines is 1. The highest BCUT2D eigenvalue weighted by Gasteiger charge is 2.35. The van der Waals surface area contributed by atoms with E-state index in [9.17, 15) is 8.78 Å². The largest absolute Gasteiger partial charge is 0.345 e. The lowest BCUT2D eigenvalue weighted by atomic mass is 9.95. The minimum Gasteiger partial charge on any atom is -0.345 e. The zero-order chi connectivity index (χ0) is 13.3. The van der Waals surface area contributed by atoms with Gasteiger partial charge in [0.1, 0.15) is 0 Å². The van der Waals surface area contributed by atoms with Crippen molar-refractivity contribution in [2.75, 3.05) is 6.54 Å². The van der Waals surface area contributed by atoms with Crippen LogP contribution < -0.4 is 5.32 Å². The smallest absolute Gasteiger partial charge is 0.274 e. The van der Waals surface area contributed by atoms with Crippen LogP contribution in [0.25, 0.3) is 11.0 Å². The number of benzene rings is 1. The number of H-pyrrole nitrogens is 1. The Hall–Kier alpha value is -1.49. The fourth-order valence-corrected chi connectivity index (χ4v) is 2.69. The second kappa shape index (κ2) is 4.89. The van der Waals surface area contributed by atoms with Gasteiger partial charge in [0.05, 0.1) is 17.4 Å². The summed E-state index contributed by atoms with van der Waals surface area (Å²) in [6.07, 6.45) is 4.35. The van der Waals surface area contributed by atoms with E-state index in [-0.39, 0.29) is 18.0 Å². The molecule has 0 saturated carbocycles. The molecule has 3 rings (SSSR count). The number of nitrogens with zero attached hydrogens (tertiary/aromatic N) is 1. The van der Waals surface area contributed by atoms with E-state index in [1.165, 1.54) is 18.5 Å². The molecule has 2 N–H and O–H groups in total. The van der Waals surface area contributed by atoms with Crippen LogP contribution in [0.2, 0.25) is 0 Å². The molecule has 1 aliphatic rings. The Kier molecular flexibility index (Phi) is 3.22. The molecule has 0 radical (unpaired) electrons. The maximum Gasteiger partial charge on any atom is 0.274 e. The van der Waals surface area contributed by atoms with Crippen molar-refractivity contribution in [2.24, 2.45) is 0 Å². The first-order valence-electron chi connectivity index (χ1n) is 6.70. The molecular weight excluding hydrogens is 248 g/mol.